The van der Waals surface area contributed by atoms with Gasteiger partial charge in [-0.25, -0.2) is 4.79 Å². The van der Waals surface area contributed by atoms with Crippen molar-refractivity contribution in [2.24, 2.45) is 5.92 Å². The van der Waals surface area contributed by atoms with Crippen LogP contribution in [0.3, 0.4) is 0 Å². The monoisotopic (exact) mass is 216 g/mol. The largest absolute Gasteiger partial charge is 0.464 e. The first-order valence-corrected chi connectivity index (χ1v) is 5.45. The van der Waals surface area contributed by atoms with E-state index in [0.29, 0.717) is 26.1 Å². The van der Waals surface area contributed by atoms with E-state index in [9.17, 15) is 9.90 Å². The minimum Gasteiger partial charge on any atom is -0.464 e. The smallest absolute Gasteiger partial charge is 0.335 e. The van der Waals surface area contributed by atoms with Crippen LogP contribution in [0, 0.1) is 5.92 Å². The van der Waals surface area contributed by atoms with Crippen molar-refractivity contribution in [1.82, 2.24) is 0 Å². The topological polar surface area (TPSA) is 55.8 Å². The van der Waals surface area contributed by atoms with Crippen LogP contribution in [0.5, 0.6) is 0 Å². The van der Waals surface area contributed by atoms with E-state index < -0.39 is 12.1 Å². The van der Waals surface area contributed by atoms with Gasteiger partial charge in [-0.3, -0.25) is 0 Å². The molecule has 1 rings (SSSR count). The number of aliphatic hydroxyl groups excluding tert-OH is 1. The number of aliphatic hydroxyl groups is 1. The molecule has 0 aromatic heterocycles. The summed E-state index contributed by atoms with van der Waals surface area (Å²) in [5.74, 6) is -0.562. The van der Waals surface area contributed by atoms with Crippen LogP contribution in [0.15, 0.2) is 0 Å². The maximum absolute atomic E-state index is 11.3. The lowest BCUT2D eigenvalue weighted by atomic mass is 9.85. The van der Waals surface area contributed by atoms with Gasteiger partial charge in [0.1, 0.15) is 0 Å². The molecule has 1 aliphatic rings. The maximum atomic E-state index is 11.3. The molecule has 1 fully saturated rings. The van der Waals surface area contributed by atoms with Crippen LogP contribution < -0.4 is 0 Å². The molecule has 0 aliphatic carbocycles. The van der Waals surface area contributed by atoms with Crippen LogP contribution in [0.25, 0.3) is 0 Å². The molecule has 0 spiro atoms. The lowest BCUT2D eigenvalue weighted by molar-refractivity contribution is -0.162. The summed E-state index contributed by atoms with van der Waals surface area (Å²) in [6.45, 7) is 6.57. The fourth-order valence-electron chi connectivity index (χ4n) is 1.97. The summed E-state index contributed by atoms with van der Waals surface area (Å²) in [6.07, 6.45) is 0.393. The number of carbonyl (C=O) groups excluding carboxylic acids is 1. The van der Waals surface area contributed by atoms with Crippen molar-refractivity contribution in [2.75, 3.05) is 13.2 Å². The molecule has 0 saturated carbocycles. The summed E-state index contributed by atoms with van der Waals surface area (Å²) < 4.78 is 10.3. The summed E-state index contributed by atoms with van der Waals surface area (Å²) in [7, 11) is 0. The van der Waals surface area contributed by atoms with E-state index in [-0.39, 0.29) is 11.5 Å². The average molecular weight is 216 g/mol. The number of carbonyl (C=O) groups is 1. The van der Waals surface area contributed by atoms with E-state index in [0.717, 1.165) is 0 Å². The predicted octanol–water partition coefficient (Wildman–Crippen LogP) is 1.12. The molecule has 88 valence electrons. The molecule has 4 nitrogen and oxygen atoms in total. The van der Waals surface area contributed by atoms with Gasteiger partial charge in [0.15, 0.2) is 6.10 Å². The van der Waals surface area contributed by atoms with Crippen molar-refractivity contribution in [1.29, 1.82) is 0 Å². The SMILES string of the molecule is CCOC(=O)C(O)C1CCOC(C)(C)C1. The zero-order chi connectivity index (χ0) is 11.5. The highest BCUT2D eigenvalue weighted by atomic mass is 16.5. The summed E-state index contributed by atoms with van der Waals surface area (Å²) in [4.78, 5) is 11.3. The first-order valence-electron chi connectivity index (χ1n) is 5.45. The lowest BCUT2D eigenvalue weighted by Gasteiger charge is -2.36. The molecule has 1 heterocycles. The Bertz CT molecular complexity index is 225. The molecular formula is C11H20O4. The number of hydrogen-bond donors (Lipinski definition) is 1. The van der Waals surface area contributed by atoms with Crippen LogP contribution in [0.2, 0.25) is 0 Å². The molecule has 0 radical (unpaired) electrons. The second-order valence-electron chi connectivity index (χ2n) is 4.56. The Morgan fingerprint density at radius 2 is 2.33 bits per heavy atom. The lowest BCUT2D eigenvalue weighted by Crippen LogP contribution is -2.42. The Balaban J connectivity index is 2.52. The molecule has 1 saturated heterocycles. The minimum absolute atomic E-state index is 0.0483. The number of ether oxygens (including phenoxy) is 2. The van der Waals surface area contributed by atoms with E-state index in [2.05, 4.69) is 0 Å². The molecule has 15 heavy (non-hydrogen) atoms. The van der Waals surface area contributed by atoms with E-state index in [1.54, 1.807) is 6.92 Å². The summed E-state index contributed by atoms with van der Waals surface area (Å²) >= 11 is 0. The Kier molecular flexibility index (Phi) is 4.11. The molecular weight excluding hydrogens is 196 g/mol. The van der Waals surface area contributed by atoms with E-state index in [4.69, 9.17) is 9.47 Å². The molecule has 1 N–H and O–H groups in total. The molecule has 2 atom stereocenters. The van der Waals surface area contributed by atoms with Crippen LogP contribution in [-0.4, -0.2) is 36.0 Å². The quantitative estimate of drug-likeness (QED) is 0.718. The van der Waals surface area contributed by atoms with Gasteiger partial charge in [0, 0.05) is 12.5 Å². The highest BCUT2D eigenvalue weighted by Crippen LogP contribution is 2.30. The van der Waals surface area contributed by atoms with Crippen molar-refractivity contribution in [3.05, 3.63) is 0 Å². The van der Waals surface area contributed by atoms with Crippen LogP contribution >= 0.6 is 0 Å². The molecule has 0 bridgehead atoms. The van der Waals surface area contributed by atoms with Crippen molar-refractivity contribution >= 4 is 5.97 Å². The van der Waals surface area contributed by atoms with Gasteiger partial charge in [-0.15, -0.1) is 0 Å². The molecule has 0 amide bonds. The zero-order valence-electron chi connectivity index (χ0n) is 9.66. The summed E-state index contributed by atoms with van der Waals surface area (Å²) in [5.41, 5.74) is -0.254. The number of rotatable bonds is 3. The summed E-state index contributed by atoms with van der Waals surface area (Å²) in [5, 5.41) is 9.78. The number of hydrogen-bond acceptors (Lipinski definition) is 4. The molecule has 1 aliphatic heterocycles. The van der Waals surface area contributed by atoms with Gasteiger partial charge < -0.3 is 14.6 Å². The van der Waals surface area contributed by atoms with Gasteiger partial charge in [0.2, 0.25) is 0 Å². The third-order valence-electron chi connectivity index (χ3n) is 2.71. The van der Waals surface area contributed by atoms with E-state index >= 15 is 0 Å². The average Bonchev–Trinajstić information content (AvgIpc) is 2.15. The van der Waals surface area contributed by atoms with Gasteiger partial charge in [0.05, 0.1) is 12.2 Å². The third kappa shape index (κ3) is 3.47. The van der Waals surface area contributed by atoms with E-state index in [1.807, 2.05) is 13.8 Å². The van der Waals surface area contributed by atoms with Crippen LogP contribution in [0.4, 0.5) is 0 Å². The van der Waals surface area contributed by atoms with Crippen molar-refractivity contribution in [3.8, 4) is 0 Å². The normalized spacial score (nSPS) is 27.1. The van der Waals surface area contributed by atoms with Gasteiger partial charge >= 0.3 is 5.97 Å². The van der Waals surface area contributed by atoms with Gasteiger partial charge in [-0.2, -0.15) is 0 Å². The third-order valence-corrected chi connectivity index (χ3v) is 2.71. The zero-order valence-corrected chi connectivity index (χ0v) is 9.66. The fraction of sp³-hybridized carbons (Fsp3) is 0.909. The van der Waals surface area contributed by atoms with Crippen LogP contribution in [0.1, 0.15) is 33.6 Å². The van der Waals surface area contributed by atoms with Crippen molar-refractivity contribution in [3.63, 3.8) is 0 Å². The molecule has 0 aromatic rings. The highest BCUT2D eigenvalue weighted by Gasteiger charge is 2.36. The number of esters is 1. The predicted molar refractivity (Wildman–Crippen MR) is 55.4 cm³/mol. The Morgan fingerprint density at radius 1 is 1.67 bits per heavy atom. The standard InChI is InChI=1S/C11H20O4/c1-4-14-10(13)9(12)8-5-6-15-11(2,3)7-8/h8-9,12H,4-7H2,1-3H3. The fourth-order valence-corrected chi connectivity index (χ4v) is 1.97. The first kappa shape index (κ1) is 12.5. The second-order valence-corrected chi connectivity index (χ2v) is 4.56. The molecule has 2 unspecified atom stereocenters. The van der Waals surface area contributed by atoms with Gasteiger partial charge in [-0.05, 0) is 33.6 Å². The Labute approximate surface area is 90.6 Å². The second kappa shape index (κ2) is 4.94. The maximum Gasteiger partial charge on any atom is 0.335 e. The first-order chi connectivity index (χ1) is 6.96. The highest BCUT2D eigenvalue weighted by molar-refractivity contribution is 5.74. The minimum atomic E-state index is -1.01. The molecule has 0 aromatic carbocycles. The van der Waals surface area contributed by atoms with Gasteiger partial charge in [-0.1, -0.05) is 0 Å². The van der Waals surface area contributed by atoms with Crippen molar-refractivity contribution < 1.29 is 19.4 Å². The Hall–Kier alpha value is -0.610. The molecule has 4 heteroatoms. The Morgan fingerprint density at radius 3 is 2.87 bits per heavy atom. The summed E-state index contributed by atoms with van der Waals surface area (Å²) in [6, 6.07) is 0. The van der Waals surface area contributed by atoms with E-state index in [1.165, 1.54) is 0 Å². The van der Waals surface area contributed by atoms with Crippen LogP contribution in [-0.2, 0) is 14.3 Å². The van der Waals surface area contributed by atoms with Crippen molar-refractivity contribution in [2.45, 2.75) is 45.3 Å². The van der Waals surface area contributed by atoms with Gasteiger partial charge in [0.25, 0.3) is 0 Å².